The van der Waals surface area contributed by atoms with Crippen LogP contribution in [0.25, 0.3) is 0 Å². The number of fused-ring (bicyclic) bond motifs is 3. The minimum absolute atomic E-state index is 0.163. The number of carbonyl (C=O) groups excluding carboxylic acids is 1. The van der Waals surface area contributed by atoms with Gasteiger partial charge in [-0.1, -0.05) is 15.9 Å². The van der Waals surface area contributed by atoms with Gasteiger partial charge in [0, 0.05) is 40.8 Å². The first-order chi connectivity index (χ1) is 10.8. The lowest BCUT2D eigenvalue weighted by atomic mass is 9.93. The van der Waals surface area contributed by atoms with Gasteiger partial charge < -0.3 is 14.9 Å². The zero-order valence-electron chi connectivity index (χ0n) is 12.5. The molecule has 2 aliphatic rings. The molecule has 2 aromatic rings. The van der Waals surface area contributed by atoms with E-state index in [-0.39, 0.29) is 29.5 Å². The third kappa shape index (κ3) is 1.99. The molecule has 0 radical (unpaired) electrons. The summed E-state index contributed by atoms with van der Waals surface area (Å²) in [5, 5.41) is 0. The molecule has 1 aromatic heterocycles. The number of hydrogen-bond donors (Lipinski definition) is 1. The van der Waals surface area contributed by atoms with Gasteiger partial charge in [-0.3, -0.25) is 4.79 Å². The van der Waals surface area contributed by atoms with Gasteiger partial charge in [-0.05, 0) is 42.4 Å². The predicted molar refractivity (Wildman–Crippen MR) is 90.3 cm³/mol. The van der Waals surface area contributed by atoms with E-state index in [0.29, 0.717) is 11.3 Å². The first-order valence-electron chi connectivity index (χ1n) is 7.37. The Morgan fingerprint density at radius 3 is 3.00 bits per heavy atom. The van der Waals surface area contributed by atoms with Crippen molar-refractivity contribution in [1.29, 1.82) is 0 Å². The van der Waals surface area contributed by atoms with E-state index in [2.05, 4.69) is 15.9 Å². The monoisotopic (exact) mass is 395 g/mol. The maximum Gasteiger partial charge on any atom is 0.223 e. The number of benzene rings is 1. The normalized spacial score (nSPS) is 24.4. The molecule has 4 rings (SSSR count). The lowest BCUT2D eigenvalue weighted by Gasteiger charge is -2.15. The van der Waals surface area contributed by atoms with Crippen molar-refractivity contribution in [2.24, 2.45) is 12.8 Å². The van der Waals surface area contributed by atoms with Gasteiger partial charge in [-0.25, -0.2) is 4.39 Å². The van der Waals surface area contributed by atoms with Crippen molar-refractivity contribution in [3.8, 4) is 0 Å². The number of aromatic nitrogens is 2. The Hall–Kier alpha value is -1.47. The average molecular weight is 396 g/mol. The van der Waals surface area contributed by atoms with Crippen LogP contribution in [0, 0.1) is 10.6 Å². The molecular formula is C16H15BrFN3OS. The molecule has 2 N–H and O–H groups in total. The molecule has 1 fully saturated rings. The zero-order chi connectivity index (χ0) is 16.5. The minimum Gasteiger partial charge on any atom is -0.369 e. The lowest BCUT2D eigenvalue weighted by molar-refractivity contribution is -0.117. The topological polar surface area (TPSA) is 52.9 Å². The summed E-state index contributed by atoms with van der Waals surface area (Å²) < 4.78 is 19.8. The number of halogens is 2. The lowest BCUT2D eigenvalue weighted by Crippen LogP contribution is -2.17. The summed E-state index contributed by atoms with van der Waals surface area (Å²) >= 11 is 8.92. The highest BCUT2D eigenvalue weighted by Gasteiger charge is 2.63. The van der Waals surface area contributed by atoms with E-state index in [1.807, 2.05) is 22.2 Å². The van der Waals surface area contributed by atoms with Gasteiger partial charge in [-0.15, -0.1) is 0 Å². The molecule has 2 heterocycles. The van der Waals surface area contributed by atoms with Gasteiger partial charge in [0.25, 0.3) is 0 Å². The highest BCUT2D eigenvalue weighted by Crippen LogP contribution is 2.66. The number of carbonyl (C=O) groups is 1. The fourth-order valence-corrected chi connectivity index (χ4v) is 4.66. The molecule has 23 heavy (non-hydrogen) atoms. The molecule has 1 aliphatic carbocycles. The smallest absolute Gasteiger partial charge is 0.223 e. The van der Waals surface area contributed by atoms with Crippen LogP contribution in [0.3, 0.4) is 0 Å². The summed E-state index contributed by atoms with van der Waals surface area (Å²) in [5.74, 6) is -0.368. The third-order valence-corrected chi connectivity index (χ3v) is 6.15. The second-order valence-electron chi connectivity index (χ2n) is 6.44. The van der Waals surface area contributed by atoms with E-state index < -0.39 is 0 Å². The molecule has 1 unspecified atom stereocenters. The van der Waals surface area contributed by atoms with E-state index in [9.17, 15) is 9.18 Å². The van der Waals surface area contributed by atoms with Crippen molar-refractivity contribution in [3.05, 3.63) is 50.2 Å². The van der Waals surface area contributed by atoms with Crippen LogP contribution in [0.5, 0.6) is 0 Å². The van der Waals surface area contributed by atoms with Crippen LogP contribution < -0.4 is 5.73 Å². The molecule has 0 spiro atoms. The van der Waals surface area contributed by atoms with E-state index in [4.69, 9.17) is 18.0 Å². The van der Waals surface area contributed by atoms with Gasteiger partial charge in [0.15, 0.2) is 4.77 Å². The van der Waals surface area contributed by atoms with Crippen molar-refractivity contribution >= 4 is 34.1 Å². The van der Waals surface area contributed by atoms with Gasteiger partial charge in [0.05, 0.1) is 6.42 Å². The summed E-state index contributed by atoms with van der Waals surface area (Å²) in [6.07, 6.45) is 1.04. The number of nitrogens with two attached hydrogens (primary N) is 1. The second-order valence-corrected chi connectivity index (χ2v) is 7.72. The highest BCUT2D eigenvalue weighted by molar-refractivity contribution is 9.10. The minimum atomic E-state index is -0.379. The summed E-state index contributed by atoms with van der Waals surface area (Å²) in [7, 11) is 1.86. The van der Waals surface area contributed by atoms with Gasteiger partial charge in [-0.2, -0.15) is 0 Å². The Kier molecular flexibility index (Phi) is 3.13. The Labute approximate surface area is 146 Å². The Morgan fingerprint density at radius 2 is 2.30 bits per heavy atom. The van der Waals surface area contributed by atoms with Crippen LogP contribution in [-0.4, -0.2) is 15.0 Å². The number of amides is 1. The Morgan fingerprint density at radius 1 is 1.57 bits per heavy atom. The summed E-state index contributed by atoms with van der Waals surface area (Å²) in [6, 6.07) is 5.06. The molecular weight excluding hydrogens is 381 g/mol. The van der Waals surface area contributed by atoms with Crippen LogP contribution in [0.15, 0.2) is 22.7 Å². The van der Waals surface area contributed by atoms with Crippen molar-refractivity contribution in [1.82, 2.24) is 9.13 Å². The van der Waals surface area contributed by atoms with E-state index in [1.165, 1.54) is 6.07 Å². The van der Waals surface area contributed by atoms with Crippen molar-refractivity contribution in [3.63, 3.8) is 0 Å². The van der Waals surface area contributed by atoms with Crippen LogP contribution >= 0.6 is 28.1 Å². The fourth-order valence-electron chi connectivity index (χ4n) is 4.03. The van der Waals surface area contributed by atoms with Crippen LogP contribution in [-0.2, 0) is 30.2 Å². The summed E-state index contributed by atoms with van der Waals surface area (Å²) in [5.41, 5.74) is 7.78. The van der Waals surface area contributed by atoms with Crippen molar-refractivity contribution in [2.75, 3.05) is 0 Å². The van der Waals surface area contributed by atoms with E-state index in [0.717, 1.165) is 27.8 Å². The molecule has 7 heteroatoms. The average Bonchev–Trinajstić information content (AvgIpc) is 3.05. The molecule has 1 aromatic carbocycles. The molecule has 4 nitrogen and oxygen atoms in total. The molecule has 120 valence electrons. The first kappa shape index (κ1) is 15.1. The quantitative estimate of drug-likeness (QED) is 0.812. The molecule has 1 aliphatic heterocycles. The number of hydrogen-bond acceptors (Lipinski definition) is 2. The van der Waals surface area contributed by atoms with Gasteiger partial charge in [0.1, 0.15) is 5.82 Å². The number of primary amides is 1. The van der Waals surface area contributed by atoms with Crippen molar-refractivity contribution in [2.45, 2.75) is 30.7 Å². The van der Waals surface area contributed by atoms with Crippen LogP contribution in [0.2, 0.25) is 0 Å². The molecule has 0 bridgehead atoms. The summed E-state index contributed by atoms with van der Waals surface area (Å²) in [6.45, 7) is 0.659. The number of imidazole rings is 1. The standard InChI is InChI=1S/C16H15BrFN3OS/c1-20-12(5-13(19)22)14-10-6-16(10,7-21(14)15(20)23)9-4-8(17)2-3-11(9)18/h2-4,10H,5-7H2,1H3,(H2,19,22)/t10?,16-/m1/s1. The van der Waals surface area contributed by atoms with Gasteiger partial charge in [0.2, 0.25) is 5.91 Å². The van der Waals surface area contributed by atoms with Crippen molar-refractivity contribution < 1.29 is 9.18 Å². The van der Waals surface area contributed by atoms with Crippen LogP contribution in [0.1, 0.15) is 29.3 Å². The zero-order valence-corrected chi connectivity index (χ0v) is 14.9. The second kappa shape index (κ2) is 4.77. The molecule has 1 saturated carbocycles. The van der Waals surface area contributed by atoms with Gasteiger partial charge >= 0.3 is 0 Å². The maximum absolute atomic E-state index is 14.4. The maximum atomic E-state index is 14.4. The number of rotatable bonds is 3. The molecule has 1 amide bonds. The van der Waals surface area contributed by atoms with Crippen LogP contribution in [0.4, 0.5) is 4.39 Å². The third-order valence-electron chi connectivity index (χ3n) is 5.16. The first-order valence-corrected chi connectivity index (χ1v) is 8.57. The van der Waals surface area contributed by atoms with E-state index >= 15 is 0 Å². The number of nitrogens with zero attached hydrogens (tertiary/aromatic N) is 2. The Bertz CT molecular complexity index is 919. The van der Waals surface area contributed by atoms with E-state index in [1.54, 1.807) is 6.07 Å². The fraction of sp³-hybridized carbons (Fsp3) is 0.375. The Balaban J connectivity index is 1.84. The SMILES string of the molecule is Cn1c(CC(N)=O)c2n(c1=S)C[C@@]1(c3cc(Br)ccc3F)CC21. The largest absolute Gasteiger partial charge is 0.369 e. The predicted octanol–water partition coefficient (Wildman–Crippen LogP) is 2.92. The molecule has 0 saturated heterocycles. The summed E-state index contributed by atoms with van der Waals surface area (Å²) in [4.78, 5) is 11.4. The highest BCUT2D eigenvalue weighted by atomic mass is 79.9. The molecule has 2 atom stereocenters.